The molecule has 0 unspecified atom stereocenters. The zero-order valence-corrected chi connectivity index (χ0v) is 12.7. The van der Waals surface area contributed by atoms with Crippen molar-refractivity contribution in [2.24, 2.45) is 17.3 Å². The summed E-state index contributed by atoms with van der Waals surface area (Å²) in [4.78, 5) is 0. The van der Waals surface area contributed by atoms with E-state index in [0.29, 0.717) is 11.8 Å². The van der Waals surface area contributed by atoms with Crippen molar-refractivity contribution in [1.82, 2.24) is 0 Å². The Labute approximate surface area is 109 Å². The minimum absolute atomic E-state index is 0.181. The highest BCUT2D eigenvalue weighted by molar-refractivity contribution is 4.78. The third-order valence-electron chi connectivity index (χ3n) is 3.43. The van der Waals surface area contributed by atoms with Crippen molar-refractivity contribution in [1.29, 1.82) is 0 Å². The van der Waals surface area contributed by atoms with Gasteiger partial charge in [0.2, 0.25) is 0 Å². The van der Waals surface area contributed by atoms with E-state index in [-0.39, 0.29) is 6.67 Å². The lowest BCUT2D eigenvalue weighted by Crippen LogP contribution is -2.24. The van der Waals surface area contributed by atoms with Crippen LogP contribution in [0.5, 0.6) is 0 Å². The smallest absolute Gasteiger partial charge is 0.0891 e. The van der Waals surface area contributed by atoms with Crippen LogP contribution >= 0.6 is 0 Å². The summed E-state index contributed by atoms with van der Waals surface area (Å²) in [5.41, 5.74) is 0.556. The molecule has 0 saturated heterocycles. The minimum atomic E-state index is -0.181. The molecule has 1 aliphatic rings. The maximum absolute atomic E-state index is 10.7. The lowest BCUT2D eigenvalue weighted by atomic mass is 9.70. The Balaban J connectivity index is 0. The Kier molecular flexibility index (Phi) is 12.1. The largest absolute Gasteiger partial charge is 0.251 e. The van der Waals surface area contributed by atoms with Crippen molar-refractivity contribution in [3.63, 3.8) is 0 Å². The molecule has 0 spiro atoms. The molecular formula is C16H33F. The van der Waals surface area contributed by atoms with E-state index in [0.717, 1.165) is 11.8 Å². The zero-order chi connectivity index (χ0) is 13.9. The van der Waals surface area contributed by atoms with Gasteiger partial charge in [-0.05, 0) is 36.5 Å². The fraction of sp³-hybridized carbons (Fsp3) is 0.875. The zero-order valence-electron chi connectivity index (χ0n) is 12.7. The van der Waals surface area contributed by atoms with Crippen LogP contribution in [0.3, 0.4) is 0 Å². The van der Waals surface area contributed by atoms with Crippen LogP contribution < -0.4 is 0 Å². The highest BCUT2D eigenvalue weighted by Crippen LogP contribution is 2.39. The molecule has 0 aliphatic heterocycles. The standard InChI is InChI=1S/C11H22.C3H7F.C2H4/c1-9-5-7-10(8-6-9)11(2,3)4;1-2-3-4;1-2/h9-10H,5-8H2,1-4H3;2-3H2,1H3;1-2H2. The Morgan fingerprint density at radius 2 is 1.41 bits per heavy atom. The van der Waals surface area contributed by atoms with Crippen molar-refractivity contribution in [2.75, 3.05) is 6.67 Å². The first-order chi connectivity index (χ1) is 7.91. The van der Waals surface area contributed by atoms with Gasteiger partial charge in [-0.3, -0.25) is 4.39 Å². The van der Waals surface area contributed by atoms with Gasteiger partial charge in [0.25, 0.3) is 0 Å². The lowest BCUT2D eigenvalue weighted by molar-refractivity contribution is 0.155. The van der Waals surface area contributed by atoms with Gasteiger partial charge in [-0.1, -0.05) is 47.5 Å². The molecular weight excluding hydrogens is 211 g/mol. The summed E-state index contributed by atoms with van der Waals surface area (Å²) in [6, 6.07) is 0. The highest BCUT2D eigenvalue weighted by atomic mass is 19.1. The second kappa shape index (κ2) is 10.8. The molecule has 0 nitrogen and oxygen atoms in total. The summed E-state index contributed by atoms with van der Waals surface area (Å²) in [6.07, 6.45) is 6.50. The molecule has 0 aromatic heterocycles. The van der Waals surface area contributed by atoms with E-state index in [1.54, 1.807) is 6.92 Å². The third kappa shape index (κ3) is 10.5. The molecule has 0 heterocycles. The number of hydrogen-bond acceptors (Lipinski definition) is 0. The van der Waals surface area contributed by atoms with Crippen LogP contribution in [0, 0.1) is 17.3 Å². The predicted octanol–water partition coefficient (Wildman–Crippen LogP) is 6.03. The molecule has 0 radical (unpaired) electrons. The molecule has 1 rings (SSSR count). The summed E-state index contributed by atoms with van der Waals surface area (Å²) in [5.74, 6) is 1.98. The van der Waals surface area contributed by atoms with Crippen LogP contribution in [-0.2, 0) is 0 Å². The first-order valence-electron chi connectivity index (χ1n) is 6.97. The van der Waals surface area contributed by atoms with Crippen LogP contribution in [0.1, 0.15) is 66.7 Å². The summed E-state index contributed by atoms with van der Waals surface area (Å²) < 4.78 is 10.7. The summed E-state index contributed by atoms with van der Waals surface area (Å²) in [5, 5.41) is 0. The molecule has 0 atom stereocenters. The Morgan fingerprint density at radius 1 is 1.06 bits per heavy atom. The second-order valence-electron chi connectivity index (χ2n) is 6.01. The summed E-state index contributed by atoms with van der Waals surface area (Å²) >= 11 is 0. The Bertz CT molecular complexity index is 147. The van der Waals surface area contributed by atoms with E-state index >= 15 is 0 Å². The molecule has 1 heteroatoms. The maximum atomic E-state index is 10.7. The van der Waals surface area contributed by atoms with E-state index < -0.39 is 0 Å². The topological polar surface area (TPSA) is 0 Å². The van der Waals surface area contributed by atoms with Crippen molar-refractivity contribution >= 4 is 0 Å². The van der Waals surface area contributed by atoms with Gasteiger partial charge < -0.3 is 0 Å². The second-order valence-corrected chi connectivity index (χ2v) is 6.01. The molecule has 0 N–H and O–H groups in total. The fourth-order valence-corrected chi connectivity index (χ4v) is 2.13. The van der Waals surface area contributed by atoms with E-state index in [4.69, 9.17) is 0 Å². The SMILES string of the molecule is C=C.CC1CCC(C(C)(C)C)CC1.CCCF. The van der Waals surface area contributed by atoms with Crippen molar-refractivity contribution in [2.45, 2.75) is 66.7 Å². The number of rotatable bonds is 1. The van der Waals surface area contributed by atoms with Gasteiger partial charge in [0.15, 0.2) is 0 Å². The molecule has 104 valence electrons. The molecule has 0 aromatic rings. The lowest BCUT2D eigenvalue weighted by Gasteiger charge is -2.35. The third-order valence-corrected chi connectivity index (χ3v) is 3.43. The Hall–Kier alpha value is -0.330. The van der Waals surface area contributed by atoms with Crippen LogP contribution in [0.25, 0.3) is 0 Å². The van der Waals surface area contributed by atoms with E-state index in [9.17, 15) is 4.39 Å². The normalized spacial score (nSPS) is 23.9. The average molecular weight is 244 g/mol. The molecule has 0 amide bonds. The van der Waals surface area contributed by atoms with Crippen LogP contribution in [0.2, 0.25) is 0 Å². The van der Waals surface area contributed by atoms with Crippen LogP contribution in [0.15, 0.2) is 13.2 Å². The van der Waals surface area contributed by atoms with Gasteiger partial charge >= 0.3 is 0 Å². The van der Waals surface area contributed by atoms with Crippen molar-refractivity contribution in [3.8, 4) is 0 Å². The van der Waals surface area contributed by atoms with Gasteiger partial charge in [-0.2, -0.15) is 0 Å². The molecule has 1 aliphatic carbocycles. The number of alkyl halides is 1. The van der Waals surface area contributed by atoms with E-state index in [2.05, 4.69) is 40.9 Å². The van der Waals surface area contributed by atoms with Gasteiger partial charge in [0.1, 0.15) is 0 Å². The van der Waals surface area contributed by atoms with Crippen LogP contribution in [0.4, 0.5) is 4.39 Å². The molecule has 17 heavy (non-hydrogen) atoms. The quantitative estimate of drug-likeness (QED) is 0.494. The fourth-order valence-electron chi connectivity index (χ4n) is 2.13. The molecule has 1 fully saturated rings. The van der Waals surface area contributed by atoms with Crippen molar-refractivity contribution in [3.05, 3.63) is 13.2 Å². The molecule has 0 aromatic carbocycles. The van der Waals surface area contributed by atoms with E-state index in [1.165, 1.54) is 25.7 Å². The molecule has 1 saturated carbocycles. The monoisotopic (exact) mass is 244 g/mol. The average Bonchev–Trinajstić information content (AvgIpc) is 2.31. The first kappa shape index (κ1) is 19.0. The van der Waals surface area contributed by atoms with Gasteiger partial charge in [-0.15, -0.1) is 13.2 Å². The minimum Gasteiger partial charge on any atom is -0.251 e. The maximum Gasteiger partial charge on any atom is 0.0891 e. The van der Waals surface area contributed by atoms with Crippen LogP contribution in [-0.4, -0.2) is 6.67 Å². The summed E-state index contributed by atoms with van der Waals surface area (Å²) in [7, 11) is 0. The Morgan fingerprint density at radius 3 is 1.65 bits per heavy atom. The van der Waals surface area contributed by atoms with Gasteiger partial charge in [-0.25, -0.2) is 0 Å². The van der Waals surface area contributed by atoms with Crippen molar-refractivity contribution < 1.29 is 4.39 Å². The van der Waals surface area contributed by atoms with Gasteiger partial charge in [0.05, 0.1) is 6.67 Å². The van der Waals surface area contributed by atoms with Gasteiger partial charge in [0, 0.05) is 0 Å². The number of hydrogen-bond donors (Lipinski definition) is 0. The highest BCUT2D eigenvalue weighted by Gasteiger charge is 2.27. The molecule has 0 bridgehead atoms. The first-order valence-corrected chi connectivity index (χ1v) is 6.97. The number of halogens is 1. The predicted molar refractivity (Wildman–Crippen MR) is 78.1 cm³/mol. The summed E-state index contributed by atoms with van der Waals surface area (Å²) in [6.45, 7) is 17.2. The van der Waals surface area contributed by atoms with E-state index in [1.807, 2.05) is 0 Å².